The zero-order valence-electron chi connectivity index (χ0n) is 7.35. The van der Waals surface area contributed by atoms with Crippen molar-refractivity contribution in [2.24, 2.45) is 0 Å². The molecule has 0 atom stereocenters. The number of nitrogens with zero attached hydrogens (tertiary/aromatic N) is 2. The van der Waals surface area contributed by atoms with Crippen molar-refractivity contribution >= 4 is 8.60 Å². The summed E-state index contributed by atoms with van der Waals surface area (Å²) in [6.07, 6.45) is 0. The van der Waals surface area contributed by atoms with Gasteiger partial charge in [0.15, 0.2) is 0 Å². The number of nitriles is 2. The summed E-state index contributed by atoms with van der Waals surface area (Å²) < 4.78 is 4.22. The van der Waals surface area contributed by atoms with E-state index in [0.29, 0.717) is 6.61 Å². The molecule has 0 heterocycles. The van der Waals surface area contributed by atoms with E-state index in [1.165, 1.54) is 13.8 Å². The van der Waals surface area contributed by atoms with E-state index in [4.69, 9.17) is 20.3 Å². The van der Waals surface area contributed by atoms with Crippen LogP contribution in [0.2, 0.25) is 0 Å². The Labute approximate surface area is 73.8 Å². The molecule has 0 saturated heterocycles. The van der Waals surface area contributed by atoms with Crippen molar-refractivity contribution in [1.82, 2.24) is 0 Å². The Hall–Kier alpha value is -0.710. The van der Waals surface area contributed by atoms with Crippen molar-refractivity contribution in [3.8, 4) is 12.1 Å². The smallest absolute Gasteiger partial charge is 0.327 e. The van der Waals surface area contributed by atoms with E-state index in [-0.39, 0.29) is 0 Å². The first kappa shape index (κ1) is 17.4. The molecule has 5 nitrogen and oxygen atoms in total. The lowest BCUT2D eigenvalue weighted by molar-refractivity contribution is 0.269. The molecule has 0 aliphatic carbocycles. The molecule has 0 amide bonds. The van der Waals surface area contributed by atoms with Gasteiger partial charge in [0.25, 0.3) is 0 Å². The highest BCUT2D eigenvalue weighted by molar-refractivity contribution is 7.39. The molecule has 12 heavy (non-hydrogen) atoms. The van der Waals surface area contributed by atoms with Gasteiger partial charge in [-0.25, -0.2) is 0 Å². The van der Waals surface area contributed by atoms with Gasteiger partial charge in [-0.2, -0.15) is 10.5 Å². The molecular weight excluding hydrogens is 179 g/mol. The average molecular weight is 192 g/mol. The van der Waals surface area contributed by atoms with E-state index in [2.05, 4.69) is 4.52 Å². The minimum absolute atomic E-state index is 0.360. The first-order valence-corrected chi connectivity index (χ1v) is 4.19. The SMILES string of the molecule is CC#N.CC#N.CCOP(O)O. The summed E-state index contributed by atoms with van der Waals surface area (Å²) in [6, 6.07) is 3.50. The molecule has 0 unspecified atom stereocenters. The Morgan fingerprint density at radius 1 is 1.25 bits per heavy atom. The Bertz CT molecular complexity index is 127. The van der Waals surface area contributed by atoms with Crippen molar-refractivity contribution in [2.75, 3.05) is 6.61 Å². The lowest BCUT2D eigenvalue weighted by Gasteiger charge is -1.95. The first-order chi connectivity index (χ1) is 5.60. The fourth-order valence-electron chi connectivity index (χ4n) is 0.115. The lowest BCUT2D eigenvalue weighted by atomic mass is 10.9. The van der Waals surface area contributed by atoms with Crippen molar-refractivity contribution < 1.29 is 14.3 Å². The van der Waals surface area contributed by atoms with Crippen LogP contribution in [0.5, 0.6) is 0 Å². The molecular formula is C6H13N2O3P. The van der Waals surface area contributed by atoms with Gasteiger partial charge < -0.3 is 14.3 Å². The van der Waals surface area contributed by atoms with E-state index in [1.807, 2.05) is 0 Å². The van der Waals surface area contributed by atoms with Crippen LogP contribution in [-0.4, -0.2) is 16.4 Å². The van der Waals surface area contributed by atoms with Crippen LogP contribution < -0.4 is 0 Å². The number of hydrogen-bond donors (Lipinski definition) is 2. The zero-order chi connectivity index (χ0) is 10.4. The third-order valence-corrected chi connectivity index (χ3v) is 0.734. The standard InChI is InChI=1S/2C2H3N.C2H7O3P/c2*1-2-3;1-2-5-6(3)4/h2*1H3;3-4H,2H2,1H3. The van der Waals surface area contributed by atoms with E-state index >= 15 is 0 Å². The van der Waals surface area contributed by atoms with Gasteiger partial charge in [0.1, 0.15) is 0 Å². The van der Waals surface area contributed by atoms with Crippen molar-refractivity contribution in [1.29, 1.82) is 10.5 Å². The Kier molecular flexibility index (Phi) is 32.5. The van der Waals surface area contributed by atoms with Crippen LogP contribution in [0.1, 0.15) is 20.8 Å². The largest absolute Gasteiger partial charge is 0.328 e. The van der Waals surface area contributed by atoms with Crippen LogP contribution in [0.25, 0.3) is 0 Å². The van der Waals surface area contributed by atoms with Gasteiger partial charge in [-0.15, -0.1) is 0 Å². The van der Waals surface area contributed by atoms with Crippen LogP contribution in [0, 0.1) is 22.7 Å². The van der Waals surface area contributed by atoms with E-state index in [0.717, 1.165) is 0 Å². The topological polar surface area (TPSA) is 97.3 Å². The number of hydrogen-bond acceptors (Lipinski definition) is 5. The average Bonchev–Trinajstić information content (AvgIpc) is 1.89. The van der Waals surface area contributed by atoms with E-state index in [9.17, 15) is 0 Å². The monoisotopic (exact) mass is 192 g/mol. The van der Waals surface area contributed by atoms with Gasteiger partial charge >= 0.3 is 8.60 Å². The van der Waals surface area contributed by atoms with Gasteiger partial charge in [0, 0.05) is 13.8 Å². The van der Waals surface area contributed by atoms with Crippen LogP contribution >= 0.6 is 8.60 Å². The molecule has 0 aliphatic heterocycles. The van der Waals surface area contributed by atoms with Gasteiger partial charge in [0.2, 0.25) is 0 Å². The third-order valence-electron chi connectivity index (χ3n) is 0.245. The van der Waals surface area contributed by atoms with E-state index < -0.39 is 8.60 Å². The summed E-state index contributed by atoms with van der Waals surface area (Å²) in [5.74, 6) is 0. The molecule has 0 saturated carbocycles. The Balaban J connectivity index is -0.000000115. The second-order valence-corrected chi connectivity index (χ2v) is 1.88. The highest BCUT2D eigenvalue weighted by atomic mass is 31.2. The van der Waals surface area contributed by atoms with Crippen molar-refractivity contribution in [3.63, 3.8) is 0 Å². The quantitative estimate of drug-likeness (QED) is 0.642. The van der Waals surface area contributed by atoms with Crippen LogP contribution in [0.3, 0.4) is 0 Å². The lowest BCUT2D eigenvalue weighted by Crippen LogP contribution is -1.78. The molecule has 0 fully saturated rings. The molecule has 0 aliphatic rings. The van der Waals surface area contributed by atoms with Gasteiger partial charge in [-0.1, -0.05) is 0 Å². The summed E-state index contributed by atoms with van der Waals surface area (Å²) in [4.78, 5) is 15.9. The normalized spacial score (nSPS) is 6.33. The summed E-state index contributed by atoms with van der Waals surface area (Å²) >= 11 is 0. The third kappa shape index (κ3) is 122. The highest BCUT2D eigenvalue weighted by Crippen LogP contribution is 2.22. The summed E-state index contributed by atoms with van der Waals surface area (Å²) in [5, 5.41) is 14.6. The van der Waals surface area contributed by atoms with Gasteiger partial charge in [0.05, 0.1) is 18.7 Å². The summed E-state index contributed by atoms with van der Waals surface area (Å²) in [6.45, 7) is 4.92. The molecule has 0 spiro atoms. The van der Waals surface area contributed by atoms with Crippen LogP contribution in [0.15, 0.2) is 0 Å². The predicted molar refractivity (Wildman–Crippen MR) is 45.6 cm³/mol. The molecule has 2 N–H and O–H groups in total. The molecule has 0 radical (unpaired) electrons. The van der Waals surface area contributed by atoms with Crippen LogP contribution in [0.4, 0.5) is 0 Å². The molecule has 0 aromatic heterocycles. The van der Waals surface area contributed by atoms with Gasteiger partial charge in [-0.05, 0) is 6.92 Å². The summed E-state index contributed by atoms with van der Waals surface area (Å²) in [5.41, 5.74) is 0. The molecule has 0 aromatic rings. The minimum atomic E-state index is -2.10. The highest BCUT2D eigenvalue weighted by Gasteiger charge is 1.91. The molecule has 0 rings (SSSR count). The second-order valence-electron chi connectivity index (χ2n) is 1.12. The molecule has 6 heteroatoms. The molecule has 0 aromatic carbocycles. The predicted octanol–water partition coefficient (Wildman–Crippen LogP) is 1.29. The zero-order valence-corrected chi connectivity index (χ0v) is 8.25. The molecule has 0 bridgehead atoms. The molecule has 70 valence electrons. The Morgan fingerprint density at radius 2 is 1.50 bits per heavy atom. The van der Waals surface area contributed by atoms with Gasteiger partial charge in [-0.3, -0.25) is 0 Å². The fourth-order valence-corrected chi connectivity index (χ4v) is 0.346. The fraction of sp³-hybridized carbons (Fsp3) is 0.667. The first-order valence-electron chi connectivity index (χ1n) is 3.03. The maximum absolute atomic E-state index is 7.95. The maximum atomic E-state index is 7.95. The second kappa shape index (κ2) is 22.4. The Morgan fingerprint density at radius 3 is 1.50 bits per heavy atom. The van der Waals surface area contributed by atoms with Crippen LogP contribution in [-0.2, 0) is 4.52 Å². The minimum Gasteiger partial charge on any atom is -0.328 e. The maximum Gasteiger partial charge on any atom is 0.327 e. The van der Waals surface area contributed by atoms with Crippen molar-refractivity contribution in [3.05, 3.63) is 0 Å². The number of rotatable bonds is 2. The van der Waals surface area contributed by atoms with E-state index in [1.54, 1.807) is 19.1 Å². The summed E-state index contributed by atoms with van der Waals surface area (Å²) in [7, 11) is -2.10. The van der Waals surface area contributed by atoms with Crippen molar-refractivity contribution in [2.45, 2.75) is 20.8 Å².